The smallest absolute Gasteiger partial charge is 0.417 e. The van der Waals surface area contributed by atoms with Crippen LogP contribution in [0.2, 0.25) is 0 Å². The number of hydrogen-bond acceptors (Lipinski definition) is 6. The summed E-state index contributed by atoms with van der Waals surface area (Å²) >= 11 is 0.659. The fraction of sp³-hybridized carbons (Fsp3) is 0.333. The van der Waals surface area contributed by atoms with Gasteiger partial charge < -0.3 is 10.1 Å². The summed E-state index contributed by atoms with van der Waals surface area (Å²) in [5.41, 5.74) is -1.22. The third kappa shape index (κ3) is 5.98. The van der Waals surface area contributed by atoms with Gasteiger partial charge in [-0.3, -0.25) is 9.59 Å². The molecule has 0 aliphatic heterocycles. The SMILES string of the molecule is Cc1cc(C(F)(F)F)c(C#N)c(SCC(=O)OC(C(=O)NC2CC2)c2ccccc2)n1. The lowest BCUT2D eigenvalue weighted by molar-refractivity contribution is -0.154. The number of thioether (sulfide) groups is 1. The van der Waals surface area contributed by atoms with Crippen molar-refractivity contribution in [1.29, 1.82) is 5.26 Å². The van der Waals surface area contributed by atoms with Gasteiger partial charge in [0.2, 0.25) is 6.10 Å². The van der Waals surface area contributed by atoms with Crippen LogP contribution in [0.5, 0.6) is 0 Å². The van der Waals surface area contributed by atoms with Crippen LogP contribution in [0, 0.1) is 18.3 Å². The van der Waals surface area contributed by atoms with Gasteiger partial charge in [0.15, 0.2) is 0 Å². The highest BCUT2D eigenvalue weighted by Gasteiger charge is 2.36. The number of nitrogens with one attached hydrogen (secondary N) is 1. The standard InChI is InChI=1S/C21H18F3N3O3S/c1-12-9-16(21(22,23)24)15(10-25)20(26-12)31-11-17(28)30-18(13-5-3-2-4-6-13)19(29)27-14-7-8-14/h2-6,9,14,18H,7-8,11H2,1H3,(H,27,29). The van der Waals surface area contributed by atoms with Gasteiger partial charge >= 0.3 is 12.1 Å². The van der Waals surface area contributed by atoms with Gasteiger partial charge in [0.05, 0.1) is 16.9 Å². The molecule has 31 heavy (non-hydrogen) atoms. The molecule has 0 saturated heterocycles. The van der Waals surface area contributed by atoms with Crippen LogP contribution < -0.4 is 5.32 Å². The van der Waals surface area contributed by atoms with Crippen LogP contribution in [0.1, 0.15) is 41.3 Å². The molecule has 6 nitrogen and oxygen atoms in total. The number of aromatic nitrogens is 1. The Morgan fingerprint density at radius 2 is 2.00 bits per heavy atom. The predicted octanol–water partition coefficient (Wildman–Crippen LogP) is 3.94. The zero-order chi connectivity index (χ0) is 22.6. The number of esters is 1. The van der Waals surface area contributed by atoms with E-state index in [2.05, 4.69) is 10.3 Å². The summed E-state index contributed by atoms with van der Waals surface area (Å²) in [6.45, 7) is 1.37. The largest absolute Gasteiger partial charge is 0.447 e. The van der Waals surface area contributed by atoms with E-state index in [0.29, 0.717) is 17.3 Å². The number of alkyl halides is 3. The lowest BCUT2D eigenvalue weighted by Gasteiger charge is -2.18. The van der Waals surface area contributed by atoms with Crippen LogP contribution >= 0.6 is 11.8 Å². The highest BCUT2D eigenvalue weighted by molar-refractivity contribution is 7.99. The third-order valence-electron chi connectivity index (χ3n) is 4.37. The Kier molecular flexibility index (Phi) is 6.85. The Morgan fingerprint density at radius 1 is 1.32 bits per heavy atom. The average molecular weight is 449 g/mol. The second kappa shape index (κ2) is 9.39. The van der Waals surface area contributed by atoms with Gasteiger partial charge in [0.25, 0.3) is 5.91 Å². The molecule has 0 bridgehead atoms. The quantitative estimate of drug-likeness (QED) is 0.509. The maximum atomic E-state index is 13.2. The monoisotopic (exact) mass is 449 g/mol. The van der Waals surface area contributed by atoms with E-state index in [1.165, 1.54) is 13.0 Å². The number of halogens is 3. The normalized spacial score (nSPS) is 14.4. The van der Waals surface area contributed by atoms with Crippen LogP contribution in [0.4, 0.5) is 13.2 Å². The lowest BCUT2D eigenvalue weighted by atomic mass is 10.1. The number of amides is 1. The number of carbonyl (C=O) groups is 2. The molecule has 1 heterocycles. The molecule has 1 unspecified atom stereocenters. The summed E-state index contributed by atoms with van der Waals surface area (Å²) < 4.78 is 45.0. The number of pyridine rings is 1. The molecule has 162 valence electrons. The molecule has 2 aromatic rings. The number of aryl methyl sites for hydroxylation is 1. The summed E-state index contributed by atoms with van der Waals surface area (Å²) in [5, 5.41) is 11.8. The molecule has 1 fully saturated rings. The van der Waals surface area contributed by atoms with Crippen molar-refractivity contribution in [3.05, 3.63) is 58.8 Å². The number of nitrogens with zero attached hydrogens (tertiary/aromatic N) is 2. The molecule has 1 saturated carbocycles. The van der Waals surface area contributed by atoms with Crippen LogP contribution in [0.25, 0.3) is 0 Å². The molecule has 1 aliphatic carbocycles. The number of ether oxygens (including phenoxy) is 1. The minimum atomic E-state index is -4.73. The van der Waals surface area contributed by atoms with Gasteiger partial charge in [-0.1, -0.05) is 42.1 Å². The molecular weight excluding hydrogens is 431 g/mol. The number of carbonyl (C=O) groups excluding carboxylic acids is 2. The number of nitriles is 1. The van der Waals surface area contributed by atoms with Gasteiger partial charge in [-0.05, 0) is 25.8 Å². The minimum absolute atomic E-state index is 0.0576. The molecule has 1 aliphatic rings. The van der Waals surface area contributed by atoms with E-state index in [9.17, 15) is 28.0 Å². The topological polar surface area (TPSA) is 92.1 Å². The molecule has 1 atom stereocenters. The summed E-state index contributed by atoms with van der Waals surface area (Å²) in [6.07, 6.45) is -4.20. The van der Waals surface area contributed by atoms with E-state index in [4.69, 9.17) is 4.74 Å². The van der Waals surface area contributed by atoms with Crippen molar-refractivity contribution in [1.82, 2.24) is 10.3 Å². The highest BCUT2D eigenvalue weighted by atomic mass is 32.2. The molecular formula is C21H18F3N3O3S. The molecule has 0 radical (unpaired) electrons. The zero-order valence-corrected chi connectivity index (χ0v) is 17.2. The number of benzene rings is 1. The van der Waals surface area contributed by atoms with E-state index >= 15 is 0 Å². The first kappa shape index (κ1) is 22.6. The first-order valence-corrected chi connectivity index (χ1v) is 10.3. The minimum Gasteiger partial charge on any atom is -0.447 e. The summed E-state index contributed by atoms with van der Waals surface area (Å²) in [5.74, 6) is -1.69. The van der Waals surface area contributed by atoms with E-state index < -0.39 is 41.0 Å². The van der Waals surface area contributed by atoms with Crippen LogP contribution in [-0.4, -0.2) is 28.7 Å². The Hall–Kier alpha value is -3.06. The third-order valence-corrected chi connectivity index (χ3v) is 5.32. The first-order chi connectivity index (χ1) is 14.7. The fourth-order valence-electron chi connectivity index (χ4n) is 2.78. The molecule has 0 spiro atoms. The Labute approximate surface area is 180 Å². The van der Waals surface area contributed by atoms with Crippen molar-refractivity contribution in [2.45, 2.75) is 43.1 Å². The van der Waals surface area contributed by atoms with Crippen molar-refractivity contribution >= 4 is 23.6 Å². The van der Waals surface area contributed by atoms with Gasteiger partial charge in [-0.15, -0.1) is 0 Å². The Bertz CT molecular complexity index is 1020. The van der Waals surface area contributed by atoms with Crippen molar-refractivity contribution < 1.29 is 27.5 Å². The van der Waals surface area contributed by atoms with Crippen molar-refractivity contribution in [2.75, 3.05) is 5.75 Å². The first-order valence-electron chi connectivity index (χ1n) is 9.35. The maximum Gasteiger partial charge on any atom is 0.417 e. The highest BCUT2D eigenvalue weighted by Crippen LogP contribution is 2.36. The van der Waals surface area contributed by atoms with Gasteiger partial charge in [0, 0.05) is 17.3 Å². The maximum absolute atomic E-state index is 13.2. The van der Waals surface area contributed by atoms with E-state index in [0.717, 1.165) is 18.9 Å². The van der Waals surface area contributed by atoms with E-state index in [1.807, 2.05) is 0 Å². The summed E-state index contributed by atoms with van der Waals surface area (Å²) in [7, 11) is 0. The van der Waals surface area contributed by atoms with Crippen LogP contribution in [-0.2, 0) is 20.5 Å². The molecule has 1 N–H and O–H groups in total. The summed E-state index contributed by atoms with van der Waals surface area (Å²) in [6, 6.07) is 10.8. The van der Waals surface area contributed by atoms with Crippen molar-refractivity contribution in [3.63, 3.8) is 0 Å². The predicted molar refractivity (Wildman–Crippen MR) is 106 cm³/mol. The molecule has 3 rings (SSSR count). The number of hydrogen-bond donors (Lipinski definition) is 1. The summed E-state index contributed by atoms with van der Waals surface area (Å²) in [4.78, 5) is 28.9. The number of rotatable bonds is 7. The average Bonchev–Trinajstić information content (AvgIpc) is 3.54. The van der Waals surface area contributed by atoms with Crippen LogP contribution in [0.3, 0.4) is 0 Å². The van der Waals surface area contributed by atoms with Crippen LogP contribution in [0.15, 0.2) is 41.4 Å². The Morgan fingerprint density at radius 3 is 2.58 bits per heavy atom. The van der Waals surface area contributed by atoms with Crippen molar-refractivity contribution in [3.8, 4) is 6.07 Å². The van der Waals surface area contributed by atoms with Gasteiger partial charge in [-0.25, -0.2) is 4.98 Å². The second-order valence-corrected chi connectivity index (χ2v) is 7.92. The van der Waals surface area contributed by atoms with Gasteiger partial charge in [-0.2, -0.15) is 18.4 Å². The molecule has 1 aromatic heterocycles. The fourth-order valence-corrected chi connectivity index (χ4v) is 3.61. The molecule has 1 amide bonds. The van der Waals surface area contributed by atoms with E-state index in [-0.39, 0.29) is 16.8 Å². The zero-order valence-electron chi connectivity index (χ0n) is 16.4. The Balaban J connectivity index is 1.74. The molecule has 10 heteroatoms. The van der Waals surface area contributed by atoms with Gasteiger partial charge in [0.1, 0.15) is 11.1 Å². The van der Waals surface area contributed by atoms with Crippen molar-refractivity contribution in [2.24, 2.45) is 0 Å². The molecule has 1 aromatic carbocycles. The second-order valence-electron chi connectivity index (χ2n) is 6.95. The lowest BCUT2D eigenvalue weighted by Crippen LogP contribution is -2.33. The van der Waals surface area contributed by atoms with E-state index in [1.54, 1.807) is 30.3 Å².